The van der Waals surface area contributed by atoms with Crippen molar-refractivity contribution in [2.45, 2.75) is 12.5 Å². The van der Waals surface area contributed by atoms with E-state index in [1.165, 1.54) is 10.7 Å². The maximum atomic E-state index is 11.0. The number of hydrogen-bond donors (Lipinski definition) is 0. The summed E-state index contributed by atoms with van der Waals surface area (Å²) >= 11 is 0. The van der Waals surface area contributed by atoms with Gasteiger partial charge < -0.3 is 19.8 Å². The molecule has 0 N–H and O–H groups in total. The van der Waals surface area contributed by atoms with Crippen molar-refractivity contribution < 1.29 is 9.66 Å². The molecule has 0 saturated carbocycles. The standard InChI is InChI=1S/C15H14N6O3/c22-21(23)15-9-17-13-1-2-14(18-20(13)15)19-8-5-12(10-19)24-11-3-6-16-7-4-11/h1-4,6-7,9,12H,5,8,10H2. The van der Waals surface area contributed by atoms with Gasteiger partial charge in [0.05, 0.1) is 6.54 Å². The van der Waals surface area contributed by atoms with Crippen LogP contribution in [0.25, 0.3) is 5.65 Å². The lowest BCUT2D eigenvalue weighted by atomic mass is 10.3. The maximum Gasteiger partial charge on any atom is 0.368 e. The first-order valence-electron chi connectivity index (χ1n) is 7.51. The van der Waals surface area contributed by atoms with Crippen molar-refractivity contribution >= 4 is 17.3 Å². The number of pyridine rings is 1. The van der Waals surface area contributed by atoms with Gasteiger partial charge in [-0.1, -0.05) is 9.61 Å². The SMILES string of the molecule is O=[N+]([O-])c1cnc2ccc(N3CCC(Oc4ccncc4)C3)nn12. The van der Waals surface area contributed by atoms with E-state index in [2.05, 4.69) is 20.0 Å². The van der Waals surface area contributed by atoms with Gasteiger partial charge in [-0.25, -0.2) is 4.98 Å². The van der Waals surface area contributed by atoms with E-state index in [1.54, 1.807) is 18.5 Å². The van der Waals surface area contributed by atoms with E-state index in [1.807, 2.05) is 18.2 Å². The molecular weight excluding hydrogens is 312 g/mol. The van der Waals surface area contributed by atoms with Crippen LogP contribution in [0.3, 0.4) is 0 Å². The van der Waals surface area contributed by atoms with E-state index in [-0.39, 0.29) is 11.9 Å². The molecule has 4 rings (SSSR count). The highest BCUT2D eigenvalue weighted by atomic mass is 16.6. The summed E-state index contributed by atoms with van der Waals surface area (Å²) in [6.07, 6.45) is 5.49. The van der Waals surface area contributed by atoms with Crippen LogP contribution in [0.15, 0.2) is 42.9 Å². The minimum absolute atomic E-state index is 0.0441. The van der Waals surface area contributed by atoms with Crippen LogP contribution in [-0.4, -0.2) is 43.7 Å². The number of fused-ring (bicyclic) bond motifs is 1. The van der Waals surface area contributed by atoms with Gasteiger partial charge >= 0.3 is 5.82 Å². The van der Waals surface area contributed by atoms with Gasteiger partial charge in [-0.15, -0.1) is 0 Å². The molecule has 0 spiro atoms. The van der Waals surface area contributed by atoms with Gasteiger partial charge in [0.25, 0.3) is 0 Å². The Morgan fingerprint density at radius 1 is 1.25 bits per heavy atom. The molecule has 0 aromatic carbocycles. The molecule has 1 aliphatic rings. The van der Waals surface area contributed by atoms with Crippen LogP contribution >= 0.6 is 0 Å². The molecule has 4 heterocycles. The second-order valence-corrected chi connectivity index (χ2v) is 5.49. The first-order chi connectivity index (χ1) is 11.7. The maximum absolute atomic E-state index is 11.0. The number of anilines is 1. The Labute approximate surface area is 136 Å². The Balaban J connectivity index is 1.53. The fourth-order valence-corrected chi connectivity index (χ4v) is 2.79. The van der Waals surface area contributed by atoms with Crippen LogP contribution in [0, 0.1) is 10.1 Å². The first kappa shape index (κ1) is 14.4. The van der Waals surface area contributed by atoms with Crippen LogP contribution in [0.1, 0.15) is 6.42 Å². The summed E-state index contributed by atoms with van der Waals surface area (Å²) in [6, 6.07) is 7.19. The Bertz CT molecular complexity index is 881. The number of nitro groups is 1. The van der Waals surface area contributed by atoms with Crippen molar-refractivity contribution in [2.24, 2.45) is 0 Å². The topological polar surface area (TPSA) is 98.7 Å². The zero-order valence-electron chi connectivity index (χ0n) is 12.6. The van der Waals surface area contributed by atoms with Crippen LogP contribution in [0.2, 0.25) is 0 Å². The molecule has 1 unspecified atom stereocenters. The second-order valence-electron chi connectivity index (χ2n) is 5.49. The van der Waals surface area contributed by atoms with E-state index in [0.717, 1.165) is 18.7 Å². The average Bonchev–Trinajstić information content (AvgIpc) is 3.21. The molecule has 3 aromatic rings. The fourth-order valence-electron chi connectivity index (χ4n) is 2.79. The molecule has 3 aromatic heterocycles. The number of rotatable bonds is 4. The van der Waals surface area contributed by atoms with Crippen LogP contribution in [0.4, 0.5) is 11.6 Å². The highest BCUT2D eigenvalue weighted by molar-refractivity contribution is 5.49. The molecular formula is C15H14N6O3. The summed E-state index contributed by atoms with van der Waals surface area (Å²) in [5, 5.41) is 15.4. The quantitative estimate of drug-likeness (QED) is 0.531. The number of ether oxygens (including phenoxy) is 1. The van der Waals surface area contributed by atoms with E-state index in [9.17, 15) is 10.1 Å². The van der Waals surface area contributed by atoms with Crippen LogP contribution in [-0.2, 0) is 0 Å². The lowest BCUT2D eigenvalue weighted by Crippen LogP contribution is -2.25. The van der Waals surface area contributed by atoms with Gasteiger partial charge in [0, 0.05) is 31.4 Å². The third kappa shape index (κ3) is 2.60. The number of nitrogens with zero attached hydrogens (tertiary/aromatic N) is 6. The molecule has 0 aliphatic carbocycles. The lowest BCUT2D eigenvalue weighted by molar-refractivity contribution is -0.391. The Kier molecular flexibility index (Phi) is 3.45. The highest BCUT2D eigenvalue weighted by Gasteiger charge is 2.27. The normalized spacial score (nSPS) is 17.3. The van der Waals surface area contributed by atoms with Gasteiger partial charge in [-0.05, 0) is 23.1 Å². The smallest absolute Gasteiger partial charge is 0.368 e. The third-order valence-corrected chi connectivity index (χ3v) is 3.94. The van der Waals surface area contributed by atoms with Gasteiger partial charge in [-0.3, -0.25) is 4.98 Å². The zero-order valence-corrected chi connectivity index (χ0v) is 12.6. The van der Waals surface area contributed by atoms with Gasteiger partial charge in [0.1, 0.15) is 18.1 Å². The van der Waals surface area contributed by atoms with Crippen molar-refractivity contribution in [3.63, 3.8) is 0 Å². The van der Waals surface area contributed by atoms with E-state index >= 15 is 0 Å². The third-order valence-electron chi connectivity index (χ3n) is 3.94. The van der Waals surface area contributed by atoms with Crippen molar-refractivity contribution in [1.29, 1.82) is 0 Å². The predicted molar refractivity (Wildman–Crippen MR) is 85.1 cm³/mol. The molecule has 122 valence electrons. The molecule has 0 amide bonds. The molecule has 0 bridgehead atoms. The molecule has 0 radical (unpaired) electrons. The highest BCUT2D eigenvalue weighted by Crippen LogP contribution is 2.23. The molecule has 1 fully saturated rings. The summed E-state index contributed by atoms with van der Waals surface area (Å²) < 4.78 is 7.18. The average molecular weight is 326 g/mol. The monoisotopic (exact) mass is 326 g/mol. The largest absolute Gasteiger partial charge is 0.488 e. The van der Waals surface area contributed by atoms with Crippen LogP contribution in [0.5, 0.6) is 5.75 Å². The van der Waals surface area contributed by atoms with Crippen molar-refractivity contribution in [1.82, 2.24) is 19.6 Å². The molecule has 9 nitrogen and oxygen atoms in total. The Morgan fingerprint density at radius 3 is 2.88 bits per heavy atom. The van der Waals surface area contributed by atoms with E-state index in [0.29, 0.717) is 18.0 Å². The van der Waals surface area contributed by atoms with E-state index < -0.39 is 4.92 Å². The van der Waals surface area contributed by atoms with Gasteiger partial charge in [-0.2, -0.15) is 0 Å². The molecule has 1 saturated heterocycles. The summed E-state index contributed by atoms with van der Waals surface area (Å²) in [6.45, 7) is 1.44. The van der Waals surface area contributed by atoms with Crippen LogP contribution < -0.4 is 9.64 Å². The number of hydrogen-bond acceptors (Lipinski definition) is 7. The zero-order chi connectivity index (χ0) is 16.5. The van der Waals surface area contributed by atoms with E-state index in [4.69, 9.17) is 4.74 Å². The minimum atomic E-state index is -0.490. The summed E-state index contributed by atoms with van der Waals surface area (Å²) in [5.41, 5.74) is 0.453. The minimum Gasteiger partial charge on any atom is -0.488 e. The lowest BCUT2D eigenvalue weighted by Gasteiger charge is -2.17. The van der Waals surface area contributed by atoms with Crippen molar-refractivity contribution in [3.8, 4) is 5.75 Å². The molecule has 1 aliphatic heterocycles. The molecule has 24 heavy (non-hydrogen) atoms. The second kappa shape index (κ2) is 5.76. The summed E-state index contributed by atoms with van der Waals surface area (Å²) in [5.74, 6) is 1.31. The van der Waals surface area contributed by atoms with Crippen molar-refractivity contribution in [3.05, 3.63) is 53.0 Å². The fraction of sp³-hybridized carbons (Fsp3) is 0.267. The Hall–Kier alpha value is -3.23. The van der Waals surface area contributed by atoms with Gasteiger partial charge in [0.15, 0.2) is 5.82 Å². The summed E-state index contributed by atoms with van der Waals surface area (Å²) in [4.78, 5) is 20.5. The molecule has 9 heteroatoms. The Morgan fingerprint density at radius 2 is 2.08 bits per heavy atom. The predicted octanol–water partition coefficient (Wildman–Crippen LogP) is 1.69. The van der Waals surface area contributed by atoms with Gasteiger partial charge in [0.2, 0.25) is 5.65 Å². The summed E-state index contributed by atoms with van der Waals surface area (Å²) in [7, 11) is 0. The van der Waals surface area contributed by atoms with Crippen molar-refractivity contribution in [2.75, 3.05) is 18.0 Å². The number of imidazole rings is 1. The first-order valence-corrected chi connectivity index (χ1v) is 7.51. The number of aromatic nitrogens is 4. The molecule has 1 atom stereocenters.